The third-order valence-corrected chi connectivity index (χ3v) is 2.28. The number of rotatable bonds is 3. The summed E-state index contributed by atoms with van der Waals surface area (Å²) in [5.74, 6) is 0.724. The van der Waals surface area contributed by atoms with E-state index in [-0.39, 0.29) is 6.10 Å². The fourth-order valence-corrected chi connectivity index (χ4v) is 1.56. The van der Waals surface area contributed by atoms with E-state index in [4.69, 9.17) is 22.7 Å². The summed E-state index contributed by atoms with van der Waals surface area (Å²) in [6.45, 7) is 3.93. The summed E-state index contributed by atoms with van der Waals surface area (Å²) >= 11 is 8.30. The zero-order valence-electron chi connectivity index (χ0n) is 8.08. The number of hydrogen-bond donors (Lipinski definition) is 1. The minimum Gasteiger partial charge on any atom is -0.490 e. The third kappa shape index (κ3) is 2.96. The van der Waals surface area contributed by atoms with Crippen LogP contribution in [0.15, 0.2) is 22.7 Å². The first-order valence-electron chi connectivity index (χ1n) is 4.26. The Labute approximate surface area is 97.6 Å². The quantitative estimate of drug-likeness (QED) is 0.861. The number of ether oxygens (including phenoxy) is 1. The Hall–Kier alpha value is -0.610. The van der Waals surface area contributed by atoms with Crippen molar-refractivity contribution in [2.24, 2.45) is 5.73 Å². The topological polar surface area (TPSA) is 35.2 Å². The van der Waals surface area contributed by atoms with Crippen molar-refractivity contribution in [2.75, 3.05) is 0 Å². The monoisotopic (exact) mass is 273 g/mol. The normalized spacial score (nSPS) is 10.3. The van der Waals surface area contributed by atoms with Crippen molar-refractivity contribution in [2.45, 2.75) is 20.0 Å². The van der Waals surface area contributed by atoms with Gasteiger partial charge >= 0.3 is 0 Å². The van der Waals surface area contributed by atoms with Crippen molar-refractivity contribution in [1.29, 1.82) is 0 Å². The highest BCUT2D eigenvalue weighted by molar-refractivity contribution is 9.10. The molecule has 2 nitrogen and oxygen atoms in total. The Kier molecular flexibility index (Phi) is 3.89. The maximum absolute atomic E-state index is 5.59. The summed E-state index contributed by atoms with van der Waals surface area (Å²) in [5, 5.41) is 0. The lowest BCUT2D eigenvalue weighted by atomic mass is 10.2. The van der Waals surface area contributed by atoms with Gasteiger partial charge in [0, 0.05) is 4.47 Å². The molecular formula is C10H12BrNOS. The average Bonchev–Trinajstić information content (AvgIpc) is 2.01. The molecular weight excluding hydrogens is 262 g/mol. The lowest BCUT2D eigenvalue weighted by Crippen LogP contribution is -2.14. The first-order valence-corrected chi connectivity index (χ1v) is 5.47. The molecule has 0 bridgehead atoms. The standard InChI is InChI=1S/C10H12BrNOS/c1-6(2)13-9-5-7(11)3-4-8(9)10(12)14/h3-6H,1-2H3,(H2,12,14). The molecule has 0 atom stereocenters. The molecule has 1 aromatic carbocycles. The number of halogens is 1. The molecule has 0 aliphatic heterocycles. The molecule has 0 unspecified atom stereocenters. The van der Waals surface area contributed by atoms with Crippen LogP contribution in [0.2, 0.25) is 0 Å². The first kappa shape index (κ1) is 11.5. The lowest BCUT2D eigenvalue weighted by Gasteiger charge is -2.13. The van der Waals surface area contributed by atoms with E-state index in [1.165, 1.54) is 0 Å². The predicted molar refractivity (Wildman–Crippen MR) is 65.8 cm³/mol. The van der Waals surface area contributed by atoms with Crippen molar-refractivity contribution in [3.05, 3.63) is 28.2 Å². The molecule has 0 radical (unpaired) electrons. The van der Waals surface area contributed by atoms with Gasteiger partial charge in [-0.25, -0.2) is 0 Å². The zero-order chi connectivity index (χ0) is 10.7. The fraction of sp³-hybridized carbons (Fsp3) is 0.300. The van der Waals surface area contributed by atoms with Gasteiger partial charge in [0.2, 0.25) is 0 Å². The van der Waals surface area contributed by atoms with Gasteiger partial charge in [-0.15, -0.1) is 0 Å². The SMILES string of the molecule is CC(C)Oc1cc(Br)ccc1C(N)=S. The molecule has 0 saturated heterocycles. The van der Waals surface area contributed by atoms with E-state index in [9.17, 15) is 0 Å². The summed E-state index contributed by atoms with van der Waals surface area (Å²) < 4.78 is 6.54. The fourth-order valence-electron chi connectivity index (χ4n) is 1.05. The smallest absolute Gasteiger partial charge is 0.130 e. The largest absolute Gasteiger partial charge is 0.490 e. The highest BCUT2D eigenvalue weighted by Crippen LogP contribution is 2.24. The van der Waals surface area contributed by atoms with Crippen LogP contribution in [0.5, 0.6) is 5.75 Å². The molecule has 0 aromatic heterocycles. The molecule has 14 heavy (non-hydrogen) atoms. The van der Waals surface area contributed by atoms with Crippen LogP contribution >= 0.6 is 28.1 Å². The van der Waals surface area contributed by atoms with Gasteiger partial charge in [0.15, 0.2) is 0 Å². The minimum atomic E-state index is 0.109. The Morgan fingerprint density at radius 2 is 2.14 bits per heavy atom. The van der Waals surface area contributed by atoms with Crippen molar-refractivity contribution in [1.82, 2.24) is 0 Å². The molecule has 0 amide bonds. The number of nitrogens with two attached hydrogens (primary N) is 1. The van der Waals surface area contributed by atoms with Gasteiger partial charge in [-0.3, -0.25) is 0 Å². The second-order valence-corrected chi connectivity index (χ2v) is 4.53. The Balaban J connectivity index is 3.09. The highest BCUT2D eigenvalue weighted by Gasteiger charge is 2.08. The van der Waals surface area contributed by atoms with Gasteiger partial charge in [-0.1, -0.05) is 28.1 Å². The number of benzene rings is 1. The van der Waals surface area contributed by atoms with E-state index in [0.29, 0.717) is 4.99 Å². The van der Waals surface area contributed by atoms with Gasteiger partial charge in [0.1, 0.15) is 10.7 Å². The second-order valence-electron chi connectivity index (χ2n) is 3.17. The predicted octanol–water partition coefficient (Wildman–Crippen LogP) is 2.87. The molecule has 1 aromatic rings. The van der Waals surface area contributed by atoms with Gasteiger partial charge in [0.25, 0.3) is 0 Å². The summed E-state index contributed by atoms with van der Waals surface area (Å²) in [7, 11) is 0. The summed E-state index contributed by atoms with van der Waals surface area (Å²) in [6.07, 6.45) is 0.109. The second kappa shape index (κ2) is 4.75. The van der Waals surface area contributed by atoms with Crippen LogP contribution in [0.4, 0.5) is 0 Å². The molecule has 4 heteroatoms. The molecule has 0 aliphatic carbocycles. The Morgan fingerprint density at radius 1 is 1.50 bits per heavy atom. The van der Waals surface area contributed by atoms with Crippen molar-refractivity contribution in [3.63, 3.8) is 0 Å². The average molecular weight is 274 g/mol. The molecule has 0 spiro atoms. The van der Waals surface area contributed by atoms with Crippen LogP contribution in [0.1, 0.15) is 19.4 Å². The van der Waals surface area contributed by atoms with E-state index in [2.05, 4.69) is 15.9 Å². The van der Waals surface area contributed by atoms with Crippen molar-refractivity contribution in [3.8, 4) is 5.75 Å². The maximum atomic E-state index is 5.59. The van der Waals surface area contributed by atoms with Crippen LogP contribution in [-0.2, 0) is 0 Å². The molecule has 0 heterocycles. The Bertz CT molecular complexity index is 352. The maximum Gasteiger partial charge on any atom is 0.130 e. The molecule has 76 valence electrons. The van der Waals surface area contributed by atoms with E-state index in [1.54, 1.807) is 0 Å². The van der Waals surface area contributed by atoms with Crippen LogP contribution in [0.25, 0.3) is 0 Å². The van der Waals surface area contributed by atoms with Crippen LogP contribution in [0.3, 0.4) is 0 Å². The zero-order valence-corrected chi connectivity index (χ0v) is 10.5. The summed E-state index contributed by atoms with van der Waals surface area (Å²) in [6, 6.07) is 5.61. The van der Waals surface area contributed by atoms with Gasteiger partial charge in [-0.05, 0) is 32.0 Å². The number of thiocarbonyl (C=S) groups is 1. The van der Waals surface area contributed by atoms with Crippen molar-refractivity contribution < 1.29 is 4.74 Å². The van der Waals surface area contributed by atoms with E-state index in [0.717, 1.165) is 15.8 Å². The van der Waals surface area contributed by atoms with Crippen LogP contribution in [-0.4, -0.2) is 11.1 Å². The first-order chi connectivity index (χ1) is 6.50. The summed E-state index contributed by atoms with van der Waals surface area (Å²) in [4.78, 5) is 0.355. The third-order valence-electron chi connectivity index (χ3n) is 1.57. The van der Waals surface area contributed by atoms with Gasteiger partial charge in [-0.2, -0.15) is 0 Å². The lowest BCUT2D eigenvalue weighted by molar-refractivity contribution is 0.242. The minimum absolute atomic E-state index is 0.109. The van der Waals surface area contributed by atoms with Gasteiger partial charge in [0.05, 0.1) is 11.7 Å². The van der Waals surface area contributed by atoms with Crippen LogP contribution < -0.4 is 10.5 Å². The Morgan fingerprint density at radius 3 is 2.64 bits per heavy atom. The number of hydrogen-bond acceptors (Lipinski definition) is 2. The summed E-state index contributed by atoms with van der Waals surface area (Å²) in [5.41, 5.74) is 6.35. The van der Waals surface area contributed by atoms with E-state index in [1.807, 2.05) is 32.0 Å². The van der Waals surface area contributed by atoms with E-state index < -0.39 is 0 Å². The van der Waals surface area contributed by atoms with E-state index >= 15 is 0 Å². The molecule has 0 aliphatic rings. The van der Waals surface area contributed by atoms with Crippen LogP contribution in [0, 0.1) is 0 Å². The highest BCUT2D eigenvalue weighted by atomic mass is 79.9. The molecule has 1 rings (SSSR count). The van der Waals surface area contributed by atoms with Crippen molar-refractivity contribution >= 4 is 33.1 Å². The van der Waals surface area contributed by atoms with Gasteiger partial charge < -0.3 is 10.5 Å². The molecule has 0 fully saturated rings. The molecule has 2 N–H and O–H groups in total. The molecule has 0 saturated carbocycles.